The molecule has 0 aliphatic rings. The minimum absolute atomic E-state index is 0.121. The number of rotatable bonds is 7. The van der Waals surface area contributed by atoms with Crippen molar-refractivity contribution in [2.45, 2.75) is 46.1 Å². The van der Waals surface area contributed by atoms with Gasteiger partial charge in [0.25, 0.3) is 0 Å². The van der Waals surface area contributed by atoms with E-state index in [0.717, 1.165) is 18.3 Å². The van der Waals surface area contributed by atoms with E-state index in [0.29, 0.717) is 19.0 Å². The SMILES string of the molecule is CN=C(NCCC(=O)N(C)C)NC(C)CCC(C)C. The molecule has 0 fully saturated rings. The Balaban J connectivity index is 3.93. The van der Waals surface area contributed by atoms with E-state index < -0.39 is 0 Å². The van der Waals surface area contributed by atoms with Crippen LogP contribution in [0.15, 0.2) is 4.99 Å². The summed E-state index contributed by atoms with van der Waals surface area (Å²) in [5, 5.41) is 6.50. The molecule has 0 rings (SSSR count). The van der Waals surface area contributed by atoms with Crippen LogP contribution in [0.5, 0.6) is 0 Å². The molecule has 0 aliphatic carbocycles. The number of guanidine groups is 1. The van der Waals surface area contributed by atoms with Crippen LogP contribution in [0.4, 0.5) is 0 Å². The first-order chi connectivity index (χ1) is 8.86. The lowest BCUT2D eigenvalue weighted by Crippen LogP contribution is -2.43. The molecule has 0 spiro atoms. The largest absolute Gasteiger partial charge is 0.356 e. The highest BCUT2D eigenvalue weighted by Gasteiger charge is 2.07. The molecule has 0 radical (unpaired) electrons. The predicted octanol–water partition coefficient (Wildman–Crippen LogP) is 1.45. The number of aliphatic imine (C=N–C) groups is 1. The second kappa shape index (κ2) is 9.64. The minimum atomic E-state index is 0.121. The third kappa shape index (κ3) is 9.33. The number of carbonyl (C=O) groups is 1. The van der Waals surface area contributed by atoms with E-state index >= 15 is 0 Å². The van der Waals surface area contributed by atoms with Crippen molar-refractivity contribution in [1.82, 2.24) is 15.5 Å². The summed E-state index contributed by atoms with van der Waals surface area (Å²) >= 11 is 0. The van der Waals surface area contributed by atoms with E-state index in [1.807, 2.05) is 0 Å². The van der Waals surface area contributed by atoms with Gasteiger partial charge in [0.15, 0.2) is 5.96 Å². The van der Waals surface area contributed by atoms with E-state index in [1.54, 1.807) is 26.0 Å². The molecule has 0 aromatic rings. The van der Waals surface area contributed by atoms with E-state index in [9.17, 15) is 4.79 Å². The molecule has 5 heteroatoms. The van der Waals surface area contributed by atoms with E-state index in [4.69, 9.17) is 0 Å². The second-order valence-corrected chi connectivity index (χ2v) is 5.55. The van der Waals surface area contributed by atoms with Crippen LogP contribution < -0.4 is 10.6 Å². The highest BCUT2D eigenvalue weighted by molar-refractivity contribution is 5.81. The highest BCUT2D eigenvalue weighted by Crippen LogP contribution is 2.06. The fourth-order valence-electron chi connectivity index (χ4n) is 1.59. The maximum Gasteiger partial charge on any atom is 0.223 e. The zero-order chi connectivity index (χ0) is 14.8. The van der Waals surface area contributed by atoms with Gasteiger partial charge in [-0.3, -0.25) is 9.79 Å². The molecular formula is C14H30N4O. The molecule has 19 heavy (non-hydrogen) atoms. The van der Waals surface area contributed by atoms with Crippen LogP contribution in [0, 0.1) is 5.92 Å². The lowest BCUT2D eigenvalue weighted by atomic mass is 10.0. The van der Waals surface area contributed by atoms with Crippen LogP contribution in [0.25, 0.3) is 0 Å². The quantitative estimate of drug-likeness (QED) is 0.544. The van der Waals surface area contributed by atoms with Crippen molar-refractivity contribution in [1.29, 1.82) is 0 Å². The molecular weight excluding hydrogens is 240 g/mol. The van der Waals surface area contributed by atoms with Gasteiger partial charge in [-0.15, -0.1) is 0 Å². The summed E-state index contributed by atoms with van der Waals surface area (Å²) < 4.78 is 0. The molecule has 112 valence electrons. The molecule has 0 heterocycles. The number of carbonyl (C=O) groups excluding carboxylic acids is 1. The van der Waals surface area contributed by atoms with Gasteiger partial charge in [-0.25, -0.2) is 0 Å². The van der Waals surface area contributed by atoms with Crippen LogP contribution in [0.3, 0.4) is 0 Å². The number of hydrogen-bond acceptors (Lipinski definition) is 2. The summed E-state index contributed by atoms with van der Waals surface area (Å²) in [4.78, 5) is 17.2. The lowest BCUT2D eigenvalue weighted by Gasteiger charge is -2.19. The van der Waals surface area contributed by atoms with Crippen molar-refractivity contribution in [2.75, 3.05) is 27.7 Å². The molecule has 1 unspecified atom stereocenters. The smallest absolute Gasteiger partial charge is 0.223 e. The molecule has 0 aromatic heterocycles. The summed E-state index contributed by atoms with van der Waals surface area (Å²) in [7, 11) is 5.28. The maximum atomic E-state index is 11.4. The third-order valence-electron chi connectivity index (χ3n) is 2.91. The average molecular weight is 270 g/mol. The Bertz CT molecular complexity index is 287. The molecule has 5 nitrogen and oxygen atoms in total. The topological polar surface area (TPSA) is 56.7 Å². The molecule has 1 atom stereocenters. The first kappa shape index (κ1) is 17.7. The first-order valence-electron chi connectivity index (χ1n) is 7.04. The van der Waals surface area contributed by atoms with Gasteiger partial charge in [0.2, 0.25) is 5.91 Å². The highest BCUT2D eigenvalue weighted by atomic mass is 16.2. The van der Waals surface area contributed by atoms with Gasteiger partial charge in [-0.1, -0.05) is 13.8 Å². The molecule has 0 saturated carbocycles. The summed E-state index contributed by atoms with van der Waals surface area (Å²) in [5.74, 6) is 1.61. The van der Waals surface area contributed by atoms with Crippen molar-refractivity contribution in [3.63, 3.8) is 0 Å². The van der Waals surface area contributed by atoms with Gasteiger partial charge in [0, 0.05) is 40.2 Å². The number of nitrogens with zero attached hydrogens (tertiary/aromatic N) is 2. The standard InChI is InChI=1S/C14H30N4O/c1-11(2)7-8-12(3)17-14(15-4)16-10-9-13(19)18(5)6/h11-12H,7-10H2,1-6H3,(H2,15,16,17). The Labute approximate surface area is 117 Å². The Hall–Kier alpha value is -1.26. The predicted molar refractivity (Wildman–Crippen MR) is 81.3 cm³/mol. The van der Waals surface area contributed by atoms with Crippen LogP contribution >= 0.6 is 0 Å². The normalized spacial score (nSPS) is 13.3. The molecule has 1 amide bonds. The van der Waals surface area contributed by atoms with E-state index in [1.165, 1.54) is 6.42 Å². The van der Waals surface area contributed by atoms with Gasteiger partial charge < -0.3 is 15.5 Å². The fourth-order valence-corrected chi connectivity index (χ4v) is 1.59. The van der Waals surface area contributed by atoms with Crippen molar-refractivity contribution >= 4 is 11.9 Å². The molecule has 2 N–H and O–H groups in total. The summed E-state index contributed by atoms with van der Waals surface area (Å²) in [6.07, 6.45) is 2.80. The maximum absolute atomic E-state index is 11.4. The molecule has 0 aliphatic heterocycles. The van der Waals surface area contributed by atoms with Gasteiger partial charge in [-0.2, -0.15) is 0 Å². The Morgan fingerprint density at radius 2 is 1.84 bits per heavy atom. The lowest BCUT2D eigenvalue weighted by molar-refractivity contribution is -0.128. The van der Waals surface area contributed by atoms with E-state index in [-0.39, 0.29) is 5.91 Å². The minimum Gasteiger partial charge on any atom is -0.356 e. The van der Waals surface area contributed by atoms with Gasteiger partial charge in [0.1, 0.15) is 0 Å². The Morgan fingerprint density at radius 3 is 2.32 bits per heavy atom. The van der Waals surface area contributed by atoms with Crippen molar-refractivity contribution in [2.24, 2.45) is 10.9 Å². The second-order valence-electron chi connectivity index (χ2n) is 5.55. The van der Waals surface area contributed by atoms with Crippen molar-refractivity contribution in [3.8, 4) is 0 Å². The summed E-state index contributed by atoms with van der Waals surface area (Å²) in [6, 6.07) is 0.387. The summed E-state index contributed by atoms with van der Waals surface area (Å²) in [5.41, 5.74) is 0. The van der Waals surface area contributed by atoms with Gasteiger partial charge in [0.05, 0.1) is 0 Å². The first-order valence-corrected chi connectivity index (χ1v) is 7.04. The zero-order valence-corrected chi connectivity index (χ0v) is 13.3. The molecule has 0 aromatic carbocycles. The van der Waals surface area contributed by atoms with E-state index in [2.05, 4.69) is 36.4 Å². The molecule has 0 bridgehead atoms. The number of nitrogens with one attached hydrogen (secondary N) is 2. The monoisotopic (exact) mass is 270 g/mol. The van der Waals surface area contributed by atoms with Crippen molar-refractivity contribution in [3.05, 3.63) is 0 Å². The fraction of sp³-hybridized carbons (Fsp3) is 0.857. The van der Waals surface area contributed by atoms with Gasteiger partial charge >= 0.3 is 0 Å². The average Bonchev–Trinajstić information content (AvgIpc) is 2.34. The van der Waals surface area contributed by atoms with Crippen LogP contribution in [-0.4, -0.2) is 50.5 Å². The van der Waals surface area contributed by atoms with Gasteiger partial charge in [-0.05, 0) is 25.7 Å². The Kier molecular flexibility index (Phi) is 9.00. The van der Waals surface area contributed by atoms with Crippen LogP contribution in [-0.2, 0) is 4.79 Å². The van der Waals surface area contributed by atoms with Crippen LogP contribution in [0.1, 0.15) is 40.0 Å². The molecule has 0 saturated heterocycles. The Morgan fingerprint density at radius 1 is 1.21 bits per heavy atom. The number of hydrogen-bond donors (Lipinski definition) is 2. The zero-order valence-electron chi connectivity index (χ0n) is 13.3. The van der Waals surface area contributed by atoms with Crippen molar-refractivity contribution < 1.29 is 4.79 Å². The number of amides is 1. The summed E-state index contributed by atoms with van der Waals surface area (Å²) in [6.45, 7) is 7.22. The third-order valence-corrected chi connectivity index (χ3v) is 2.91. The van der Waals surface area contributed by atoms with Crippen LogP contribution in [0.2, 0.25) is 0 Å².